The Hall–Kier alpha value is -0.860. The number of piperidine rings is 1. The van der Waals surface area contributed by atoms with Crippen LogP contribution in [0.1, 0.15) is 24.0 Å². The number of benzene rings is 1. The van der Waals surface area contributed by atoms with Crippen LogP contribution >= 0.6 is 0 Å². The molecule has 1 heterocycles. The van der Waals surface area contributed by atoms with Crippen molar-refractivity contribution in [1.29, 1.82) is 0 Å². The van der Waals surface area contributed by atoms with Crippen molar-refractivity contribution < 1.29 is 4.74 Å². The molecule has 0 bridgehead atoms. The first kappa shape index (κ1) is 11.6. The first-order valence-electron chi connectivity index (χ1n) is 6.22. The number of rotatable bonds is 4. The van der Waals surface area contributed by atoms with Crippen LogP contribution in [0.25, 0.3) is 0 Å². The highest BCUT2D eigenvalue weighted by atomic mass is 16.5. The molecule has 0 saturated carbocycles. The van der Waals surface area contributed by atoms with Crippen LogP contribution in [0.15, 0.2) is 24.3 Å². The van der Waals surface area contributed by atoms with Gasteiger partial charge in [-0.15, -0.1) is 0 Å². The standard InChI is InChI=1S/C14H21NO/c1-12-4-2-5-13(10-12)7-9-16-14-6-3-8-15-11-14/h2,4-5,10,14-15H,3,6-9,11H2,1H3. The summed E-state index contributed by atoms with van der Waals surface area (Å²) in [7, 11) is 0. The van der Waals surface area contributed by atoms with E-state index in [1.54, 1.807) is 0 Å². The van der Waals surface area contributed by atoms with Crippen molar-refractivity contribution in [3.05, 3.63) is 35.4 Å². The van der Waals surface area contributed by atoms with Gasteiger partial charge in [-0.3, -0.25) is 0 Å². The maximum Gasteiger partial charge on any atom is 0.0700 e. The van der Waals surface area contributed by atoms with Gasteiger partial charge in [0.15, 0.2) is 0 Å². The Labute approximate surface area is 98.0 Å². The van der Waals surface area contributed by atoms with Crippen LogP contribution in [-0.4, -0.2) is 25.8 Å². The van der Waals surface area contributed by atoms with Gasteiger partial charge in [0.25, 0.3) is 0 Å². The molecule has 2 rings (SSSR count). The summed E-state index contributed by atoms with van der Waals surface area (Å²) < 4.78 is 5.86. The molecule has 1 aliphatic heterocycles. The van der Waals surface area contributed by atoms with Gasteiger partial charge in [0.05, 0.1) is 12.7 Å². The average Bonchev–Trinajstić information content (AvgIpc) is 2.30. The predicted molar refractivity (Wildman–Crippen MR) is 66.7 cm³/mol. The summed E-state index contributed by atoms with van der Waals surface area (Å²) in [6, 6.07) is 8.67. The van der Waals surface area contributed by atoms with E-state index in [0.29, 0.717) is 6.10 Å². The highest BCUT2D eigenvalue weighted by Crippen LogP contribution is 2.08. The fraction of sp³-hybridized carbons (Fsp3) is 0.571. The van der Waals surface area contributed by atoms with Gasteiger partial charge in [0.2, 0.25) is 0 Å². The number of nitrogens with one attached hydrogen (secondary N) is 1. The minimum atomic E-state index is 0.429. The second-order valence-electron chi connectivity index (χ2n) is 4.58. The second-order valence-corrected chi connectivity index (χ2v) is 4.58. The Morgan fingerprint density at radius 1 is 1.44 bits per heavy atom. The van der Waals surface area contributed by atoms with E-state index in [0.717, 1.165) is 26.1 Å². The zero-order chi connectivity index (χ0) is 11.2. The van der Waals surface area contributed by atoms with Crippen LogP contribution in [0.5, 0.6) is 0 Å². The van der Waals surface area contributed by atoms with Gasteiger partial charge in [-0.2, -0.15) is 0 Å². The minimum Gasteiger partial charge on any atom is -0.377 e. The second kappa shape index (κ2) is 6.02. The van der Waals surface area contributed by atoms with E-state index in [1.165, 1.54) is 24.0 Å². The Balaban J connectivity index is 1.71. The summed E-state index contributed by atoms with van der Waals surface area (Å²) in [5.41, 5.74) is 2.71. The third-order valence-electron chi connectivity index (χ3n) is 3.08. The van der Waals surface area contributed by atoms with E-state index in [9.17, 15) is 0 Å². The van der Waals surface area contributed by atoms with Crippen molar-refractivity contribution in [1.82, 2.24) is 5.32 Å². The minimum absolute atomic E-state index is 0.429. The first-order valence-corrected chi connectivity index (χ1v) is 6.22. The van der Waals surface area contributed by atoms with E-state index in [4.69, 9.17) is 4.74 Å². The Bertz CT molecular complexity index is 318. The number of ether oxygens (including phenoxy) is 1. The van der Waals surface area contributed by atoms with Crippen LogP contribution in [-0.2, 0) is 11.2 Å². The maximum atomic E-state index is 5.86. The van der Waals surface area contributed by atoms with Crippen molar-refractivity contribution in [3.8, 4) is 0 Å². The first-order chi connectivity index (χ1) is 7.84. The maximum absolute atomic E-state index is 5.86. The van der Waals surface area contributed by atoms with Gasteiger partial charge < -0.3 is 10.1 Å². The summed E-state index contributed by atoms with van der Waals surface area (Å²) >= 11 is 0. The van der Waals surface area contributed by atoms with Crippen LogP contribution in [0.3, 0.4) is 0 Å². The molecule has 0 spiro atoms. The summed E-state index contributed by atoms with van der Waals surface area (Å²) in [4.78, 5) is 0. The summed E-state index contributed by atoms with van der Waals surface area (Å²) in [6.07, 6.45) is 3.91. The molecule has 1 aromatic rings. The molecule has 1 fully saturated rings. The SMILES string of the molecule is Cc1cccc(CCOC2CCCNC2)c1. The van der Waals surface area contributed by atoms with E-state index in [1.807, 2.05) is 0 Å². The highest BCUT2D eigenvalue weighted by molar-refractivity contribution is 5.22. The third kappa shape index (κ3) is 3.62. The van der Waals surface area contributed by atoms with Crippen molar-refractivity contribution in [2.24, 2.45) is 0 Å². The third-order valence-corrected chi connectivity index (χ3v) is 3.08. The largest absolute Gasteiger partial charge is 0.377 e. The summed E-state index contributed by atoms with van der Waals surface area (Å²) in [5, 5.41) is 3.37. The van der Waals surface area contributed by atoms with Gasteiger partial charge in [-0.05, 0) is 38.3 Å². The molecule has 0 aromatic heterocycles. The zero-order valence-electron chi connectivity index (χ0n) is 10.0. The van der Waals surface area contributed by atoms with Gasteiger partial charge >= 0.3 is 0 Å². The number of aryl methyl sites for hydroxylation is 1. The van der Waals surface area contributed by atoms with Gasteiger partial charge in [-0.1, -0.05) is 29.8 Å². The van der Waals surface area contributed by atoms with Crippen LogP contribution in [0.4, 0.5) is 0 Å². The molecule has 1 aromatic carbocycles. The van der Waals surface area contributed by atoms with Gasteiger partial charge in [0, 0.05) is 6.54 Å². The quantitative estimate of drug-likeness (QED) is 0.839. The Morgan fingerprint density at radius 3 is 3.12 bits per heavy atom. The van der Waals surface area contributed by atoms with Crippen LogP contribution in [0, 0.1) is 6.92 Å². The molecule has 0 amide bonds. The highest BCUT2D eigenvalue weighted by Gasteiger charge is 2.12. The smallest absolute Gasteiger partial charge is 0.0700 e. The lowest BCUT2D eigenvalue weighted by Crippen LogP contribution is -2.35. The van der Waals surface area contributed by atoms with E-state index < -0.39 is 0 Å². The lowest BCUT2D eigenvalue weighted by Gasteiger charge is -2.23. The molecular formula is C14H21NO. The molecule has 1 aliphatic rings. The molecule has 1 saturated heterocycles. The summed E-state index contributed by atoms with van der Waals surface area (Å²) in [5.74, 6) is 0. The molecule has 0 radical (unpaired) electrons. The lowest BCUT2D eigenvalue weighted by molar-refractivity contribution is 0.0390. The molecule has 0 aliphatic carbocycles. The fourth-order valence-corrected chi connectivity index (χ4v) is 2.17. The van der Waals surface area contributed by atoms with E-state index in [-0.39, 0.29) is 0 Å². The fourth-order valence-electron chi connectivity index (χ4n) is 2.17. The molecule has 16 heavy (non-hydrogen) atoms. The number of hydrogen-bond donors (Lipinski definition) is 1. The van der Waals surface area contributed by atoms with Gasteiger partial charge in [-0.25, -0.2) is 0 Å². The predicted octanol–water partition coefficient (Wildman–Crippen LogP) is 2.31. The Morgan fingerprint density at radius 2 is 2.38 bits per heavy atom. The van der Waals surface area contributed by atoms with Crippen molar-refractivity contribution >= 4 is 0 Å². The molecule has 2 nitrogen and oxygen atoms in total. The molecule has 88 valence electrons. The van der Waals surface area contributed by atoms with Crippen molar-refractivity contribution in [3.63, 3.8) is 0 Å². The van der Waals surface area contributed by atoms with Crippen molar-refractivity contribution in [2.45, 2.75) is 32.3 Å². The molecule has 1 atom stereocenters. The normalized spacial score (nSPS) is 20.9. The van der Waals surface area contributed by atoms with Crippen molar-refractivity contribution in [2.75, 3.05) is 19.7 Å². The topological polar surface area (TPSA) is 21.3 Å². The lowest BCUT2D eigenvalue weighted by atomic mass is 10.1. The zero-order valence-corrected chi connectivity index (χ0v) is 10.0. The number of hydrogen-bond acceptors (Lipinski definition) is 2. The van der Waals surface area contributed by atoms with Crippen LogP contribution in [0.2, 0.25) is 0 Å². The van der Waals surface area contributed by atoms with Gasteiger partial charge in [0.1, 0.15) is 0 Å². The molecule has 2 heteroatoms. The van der Waals surface area contributed by atoms with E-state index in [2.05, 4.69) is 36.5 Å². The van der Waals surface area contributed by atoms with Crippen LogP contribution < -0.4 is 5.32 Å². The molecule has 1 N–H and O–H groups in total. The monoisotopic (exact) mass is 219 g/mol. The Kier molecular flexibility index (Phi) is 4.37. The molecule has 1 unspecified atom stereocenters. The summed E-state index contributed by atoms with van der Waals surface area (Å²) in [6.45, 7) is 5.15. The van der Waals surface area contributed by atoms with E-state index >= 15 is 0 Å². The molecular weight excluding hydrogens is 198 g/mol. The average molecular weight is 219 g/mol.